The van der Waals surface area contributed by atoms with Crippen molar-refractivity contribution >= 4 is 73.7 Å². The van der Waals surface area contributed by atoms with Crippen LogP contribution >= 0.6 is 0 Å². The van der Waals surface area contributed by atoms with Gasteiger partial charge in [-0.15, -0.1) is 0 Å². The Morgan fingerprint density at radius 1 is 0.564 bits per heavy atom. The number of hydrogen-bond donors (Lipinski definition) is 0. The zero-order valence-corrected chi connectivity index (χ0v) is 41.8. The Labute approximate surface area is 464 Å². The van der Waals surface area contributed by atoms with Crippen LogP contribution < -0.4 is 40.4 Å². The van der Waals surface area contributed by atoms with E-state index in [9.17, 15) is 5.48 Å². The second kappa shape index (κ2) is 17.1. The van der Waals surface area contributed by atoms with E-state index in [4.69, 9.17) is 32.4 Å². The fourth-order valence-corrected chi connectivity index (χ4v) is 11.9. The van der Waals surface area contributed by atoms with Crippen molar-refractivity contribution in [3.8, 4) is 68.4 Å². The minimum Gasteiger partial charge on any atom is -0.458 e. The van der Waals surface area contributed by atoms with E-state index in [1.165, 1.54) is 0 Å². The molecule has 0 saturated heterocycles. The van der Waals surface area contributed by atoms with E-state index in [1.54, 1.807) is 24.4 Å². The average molecular weight is 1020 g/mol. The molecule has 0 spiro atoms. The highest BCUT2D eigenvalue weighted by molar-refractivity contribution is 6.98. The molecule has 78 heavy (non-hydrogen) atoms. The molecule has 16 rings (SSSR count). The predicted octanol–water partition coefficient (Wildman–Crippen LogP) is 14.3. The molecule has 0 radical (unpaired) electrons. The molecule has 0 fully saturated rings. The van der Waals surface area contributed by atoms with Gasteiger partial charge in [-0.25, -0.2) is 14.5 Å². The first-order valence-electron chi connectivity index (χ1n) is 30.5. The molecule has 10 nitrogen and oxygen atoms in total. The molecule has 0 aliphatic carbocycles. The van der Waals surface area contributed by atoms with Gasteiger partial charge < -0.3 is 24.0 Å². The fourth-order valence-electron chi connectivity index (χ4n) is 11.9. The average Bonchev–Trinajstić information content (AvgIpc) is 1.53. The van der Waals surface area contributed by atoms with Gasteiger partial charge in [0.1, 0.15) is 41.2 Å². The summed E-state index contributed by atoms with van der Waals surface area (Å²) in [7, 11) is 0. The first-order chi connectivity index (χ1) is 42.7. The van der Waals surface area contributed by atoms with Crippen molar-refractivity contribution in [1.82, 2.24) is 23.5 Å². The van der Waals surface area contributed by atoms with Gasteiger partial charge in [0.25, 0.3) is 6.71 Å². The van der Waals surface area contributed by atoms with Gasteiger partial charge in [0, 0.05) is 52.6 Å². The van der Waals surface area contributed by atoms with Gasteiger partial charge in [0.05, 0.1) is 64.2 Å². The molecular formula is C67H46BN7O3. The lowest BCUT2D eigenvalue weighted by molar-refractivity contribution is 0.456. The molecule has 0 saturated carbocycles. The maximum atomic E-state index is 9.27. The van der Waals surface area contributed by atoms with E-state index in [2.05, 4.69) is 51.6 Å². The third-order valence-electron chi connectivity index (χ3n) is 15.2. The van der Waals surface area contributed by atoms with Crippen LogP contribution in [0.3, 0.4) is 0 Å². The summed E-state index contributed by atoms with van der Waals surface area (Å²) in [5, 5.41) is 0. The lowest BCUT2D eigenvalue weighted by Gasteiger charge is -2.34. The molecule has 370 valence electrons. The molecule has 10 aromatic carbocycles. The van der Waals surface area contributed by atoms with E-state index in [-0.39, 0.29) is 34.6 Å². The van der Waals surface area contributed by atoms with Crippen LogP contribution in [0.25, 0.3) is 61.7 Å². The lowest BCUT2D eigenvalue weighted by Crippen LogP contribution is -2.57. The van der Waals surface area contributed by atoms with Gasteiger partial charge in [-0.05, 0) is 96.2 Å². The van der Waals surface area contributed by atoms with Gasteiger partial charge in [0.15, 0.2) is 0 Å². The first-order valence-corrected chi connectivity index (χ1v) is 25.5. The summed E-state index contributed by atoms with van der Waals surface area (Å²) < 4.78 is 117. The number of aryl methyl sites for hydroxylation is 2. The highest BCUT2D eigenvalue weighted by Crippen LogP contribution is 2.51. The number of hydrogen-bond acceptors (Lipinski definition) is 7. The smallest absolute Gasteiger partial charge is 0.265 e. The summed E-state index contributed by atoms with van der Waals surface area (Å²) in [5.41, 5.74) is 11.3. The molecule has 0 N–H and O–H groups in total. The molecule has 13 aromatic rings. The van der Waals surface area contributed by atoms with Crippen molar-refractivity contribution in [2.75, 3.05) is 16.5 Å². The van der Waals surface area contributed by atoms with Crippen LogP contribution in [-0.2, 0) is 0 Å². The number of aromatic nitrogens is 5. The maximum Gasteiger partial charge on any atom is 0.265 e. The number of anilines is 4. The Hall–Kier alpha value is -10.3. The van der Waals surface area contributed by atoms with Crippen LogP contribution in [0.1, 0.15) is 24.8 Å². The molecular weight excluding hydrogens is 962 g/mol. The molecule has 0 bridgehead atoms. The molecule has 3 aliphatic heterocycles. The number of rotatable bonds is 8. The monoisotopic (exact) mass is 1020 g/mol. The van der Waals surface area contributed by atoms with E-state index >= 15 is 0 Å². The van der Waals surface area contributed by atoms with Crippen molar-refractivity contribution in [2.24, 2.45) is 0 Å². The van der Waals surface area contributed by atoms with Gasteiger partial charge in [0.2, 0.25) is 11.7 Å². The van der Waals surface area contributed by atoms with Crippen molar-refractivity contribution in [3.05, 3.63) is 242 Å². The molecule has 0 atom stereocenters. The van der Waals surface area contributed by atoms with Gasteiger partial charge in [-0.1, -0.05) is 145 Å². The Kier molecular flexibility index (Phi) is 7.71. The number of imidazole rings is 3. The highest BCUT2D eigenvalue weighted by Gasteiger charge is 2.43. The van der Waals surface area contributed by atoms with Gasteiger partial charge in [-0.2, -0.15) is 0 Å². The fraction of sp³-hybridized carbons (Fsp3) is 0.0448. The van der Waals surface area contributed by atoms with E-state index < -0.39 is 67.1 Å². The van der Waals surface area contributed by atoms with Crippen LogP contribution in [0.2, 0.25) is 0 Å². The largest absolute Gasteiger partial charge is 0.458 e. The van der Waals surface area contributed by atoms with Crippen LogP contribution in [0.5, 0.6) is 34.5 Å². The molecule has 3 aromatic heterocycles. The van der Waals surface area contributed by atoms with E-state index in [1.807, 2.05) is 131 Å². The molecule has 11 heteroatoms. The Bertz CT molecular complexity index is 5060. The van der Waals surface area contributed by atoms with Gasteiger partial charge >= 0.3 is 0 Å². The van der Waals surface area contributed by atoms with Crippen molar-refractivity contribution in [1.29, 1.82) is 0 Å². The van der Waals surface area contributed by atoms with Crippen molar-refractivity contribution < 1.29 is 27.9 Å². The molecule has 0 unspecified atom stereocenters. The van der Waals surface area contributed by atoms with Crippen LogP contribution in [0.4, 0.5) is 22.7 Å². The van der Waals surface area contributed by atoms with Crippen LogP contribution in [0, 0.1) is 13.8 Å². The summed E-state index contributed by atoms with van der Waals surface area (Å²) >= 11 is 0. The Morgan fingerprint density at radius 3 is 1.99 bits per heavy atom. The summed E-state index contributed by atoms with van der Waals surface area (Å²) in [6, 6.07) is 45.1. The van der Waals surface area contributed by atoms with E-state index in [0.717, 1.165) is 55.3 Å². The Balaban J connectivity index is 0.918. The van der Waals surface area contributed by atoms with Gasteiger partial charge in [-0.3, -0.25) is 8.97 Å². The third-order valence-corrected chi connectivity index (χ3v) is 15.2. The minimum atomic E-state index is -0.575. The number of nitrogens with zero attached hydrogens (tertiary/aromatic N) is 7. The number of benzene rings is 10. The normalized spacial score (nSPS) is 14.9. The molecule has 3 aliphatic rings. The topological polar surface area (TPSA) is 74.2 Å². The summed E-state index contributed by atoms with van der Waals surface area (Å²) in [6.07, 6.45) is 3.76. The SMILES string of the molecule is [2H]c1c([2H])c([2H])c(-c2cccc(-c3c([2H])c([2H])c([2H])c([2H])c3[2H])c2N2CN(c3cc(Oc4ccc5c(c4)n(-c4nccn4-c4c(C)cccc4C)c4nc6ccccc6n54)c4c(c3)Oc3cccc5c3B4c3ccccc3O5)c3ccccc32)c([2H])c1[2H]. The summed E-state index contributed by atoms with van der Waals surface area (Å²) in [6.45, 7) is 3.75. The number of fused-ring (bicyclic) bond motifs is 10. The lowest BCUT2D eigenvalue weighted by atomic mass is 9.34. The zero-order chi connectivity index (χ0) is 60.3. The third kappa shape index (κ3) is 6.64. The van der Waals surface area contributed by atoms with Crippen LogP contribution in [0.15, 0.2) is 231 Å². The standard InChI is InChI=1S/C67H46BN7O3/c1-42-18-15-19-43(2)64(42)71-37-36-69-66(71)75-56-40-47(34-35-55(56)74-52-28-11-10-27-51(52)70-67(74)75)76-60-38-46(39-61-63(60)68-50-26-9-14-31-57(50)77-58-32-17-33-59(78-61)62(58)68)72-41-73(54-30-13-12-29-53(54)72)65-48(44-20-5-3-6-21-44)24-16-25-49(65)45-22-7-4-8-23-45/h3-40H,41H2,1-2H3/i3D,4D,5D,6D,7D,8D,20D,21D,22D,23D. The maximum absolute atomic E-state index is 9.27. The molecule has 6 heterocycles. The highest BCUT2D eigenvalue weighted by atomic mass is 16.5. The van der Waals surface area contributed by atoms with Crippen molar-refractivity contribution in [2.45, 2.75) is 13.8 Å². The minimum absolute atomic E-state index is 0.0000226. The zero-order valence-electron chi connectivity index (χ0n) is 51.8. The quantitative estimate of drug-likeness (QED) is 0.140. The summed E-state index contributed by atoms with van der Waals surface area (Å²) in [4.78, 5) is 14.2. The second-order valence-electron chi connectivity index (χ2n) is 19.5. The summed E-state index contributed by atoms with van der Waals surface area (Å²) in [5.74, 6) is 4.65. The Morgan fingerprint density at radius 2 is 1.22 bits per heavy atom. The number of para-hydroxylation sites is 7. The van der Waals surface area contributed by atoms with Crippen molar-refractivity contribution in [3.63, 3.8) is 0 Å². The number of ether oxygens (including phenoxy) is 3. The molecule has 0 amide bonds. The second-order valence-corrected chi connectivity index (χ2v) is 19.5. The van der Waals surface area contributed by atoms with Crippen LogP contribution in [-0.4, -0.2) is 36.9 Å². The first kappa shape index (κ1) is 35.1. The van der Waals surface area contributed by atoms with E-state index in [0.29, 0.717) is 63.3 Å². The predicted molar refractivity (Wildman–Crippen MR) is 313 cm³/mol.